The lowest BCUT2D eigenvalue weighted by Gasteiger charge is -2.17. The topological polar surface area (TPSA) is 31.4 Å². The largest absolute Gasteiger partial charge is 0.349 e. The second kappa shape index (κ2) is 6.43. The molecule has 3 nitrogen and oxygen atoms in total. The van der Waals surface area contributed by atoms with Crippen LogP contribution in [0.3, 0.4) is 0 Å². The molecule has 0 aromatic carbocycles. The van der Waals surface area contributed by atoms with Gasteiger partial charge in [0.05, 0.1) is 0 Å². The molecule has 1 aromatic rings. The molecule has 0 aliphatic rings. The smallest absolute Gasteiger partial charge is 0.186 e. The Hall–Kier alpha value is -0.160. The van der Waals surface area contributed by atoms with Crippen LogP contribution in [0.4, 0.5) is 0 Å². The first-order valence-electron chi connectivity index (χ1n) is 4.74. The van der Waals surface area contributed by atoms with Crippen LogP contribution < -0.4 is 0 Å². The van der Waals surface area contributed by atoms with E-state index in [9.17, 15) is 0 Å². The second-order valence-electron chi connectivity index (χ2n) is 2.76. The zero-order valence-corrected chi connectivity index (χ0v) is 11.0. The summed E-state index contributed by atoms with van der Waals surface area (Å²) in [6, 6.07) is 3.65. The Morgan fingerprint density at radius 3 is 2.40 bits per heavy atom. The van der Waals surface area contributed by atoms with Crippen LogP contribution in [-0.4, -0.2) is 18.2 Å². The number of pyridine rings is 1. The fraction of sp³-hybridized carbons (Fsp3) is 0.500. The van der Waals surface area contributed by atoms with Crippen LogP contribution in [0.2, 0.25) is 5.15 Å². The highest BCUT2D eigenvalue weighted by molar-refractivity contribution is 9.10. The molecule has 5 heteroatoms. The third kappa shape index (κ3) is 3.72. The molecule has 0 aliphatic carbocycles. The van der Waals surface area contributed by atoms with Crippen molar-refractivity contribution < 1.29 is 9.47 Å². The molecule has 0 spiro atoms. The fourth-order valence-corrected chi connectivity index (χ4v) is 1.78. The van der Waals surface area contributed by atoms with Crippen LogP contribution in [0.15, 0.2) is 16.7 Å². The Morgan fingerprint density at radius 1 is 1.33 bits per heavy atom. The van der Waals surface area contributed by atoms with E-state index in [0.29, 0.717) is 23.0 Å². The molecular weight excluding hydrogens is 281 g/mol. The lowest BCUT2D eigenvalue weighted by molar-refractivity contribution is -0.140. The van der Waals surface area contributed by atoms with Crippen LogP contribution in [-0.2, 0) is 9.47 Å². The van der Waals surface area contributed by atoms with E-state index in [0.717, 1.165) is 5.56 Å². The molecule has 1 aromatic heterocycles. The van der Waals surface area contributed by atoms with Crippen LogP contribution in [0.25, 0.3) is 0 Å². The lowest BCUT2D eigenvalue weighted by atomic mass is 10.3. The van der Waals surface area contributed by atoms with Crippen molar-refractivity contribution in [3.8, 4) is 0 Å². The first-order chi connectivity index (χ1) is 7.19. The average Bonchev–Trinajstić information content (AvgIpc) is 2.17. The average molecular weight is 295 g/mol. The van der Waals surface area contributed by atoms with Gasteiger partial charge in [0.25, 0.3) is 0 Å². The molecule has 0 radical (unpaired) electrons. The van der Waals surface area contributed by atoms with E-state index in [2.05, 4.69) is 20.9 Å². The van der Waals surface area contributed by atoms with Gasteiger partial charge in [-0.15, -0.1) is 0 Å². The number of aromatic nitrogens is 1. The third-order valence-electron chi connectivity index (χ3n) is 1.73. The molecule has 15 heavy (non-hydrogen) atoms. The van der Waals surface area contributed by atoms with E-state index in [1.807, 2.05) is 26.0 Å². The van der Waals surface area contributed by atoms with Gasteiger partial charge < -0.3 is 9.47 Å². The van der Waals surface area contributed by atoms with E-state index >= 15 is 0 Å². The highest BCUT2D eigenvalue weighted by Crippen LogP contribution is 2.26. The summed E-state index contributed by atoms with van der Waals surface area (Å²) in [4.78, 5) is 4.08. The van der Waals surface area contributed by atoms with E-state index in [-0.39, 0.29) is 0 Å². The normalized spacial score (nSPS) is 11.0. The summed E-state index contributed by atoms with van der Waals surface area (Å²) >= 11 is 9.24. The molecule has 84 valence electrons. The molecule has 0 unspecified atom stereocenters. The molecule has 1 heterocycles. The number of hydrogen-bond donors (Lipinski definition) is 0. The molecule has 0 saturated carbocycles. The van der Waals surface area contributed by atoms with E-state index < -0.39 is 6.29 Å². The Labute approximate surface area is 103 Å². The van der Waals surface area contributed by atoms with Crippen molar-refractivity contribution >= 4 is 27.5 Å². The maximum Gasteiger partial charge on any atom is 0.186 e. The minimum atomic E-state index is -0.437. The van der Waals surface area contributed by atoms with Gasteiger partial charge in [-0.25, -0.2) is 4.98 Å². The SMILES string of the molecule is CCOC(OCC)c1ccc(Br)nc1Cl. The first-order valence-corrected chi connectivity index (χ1v) is 5.91. The summed E-state index contributed by atoms with van der Waals surface area (Å²) in [5.41, 5.74) is 0.753. The molecule has 0 N–H and O–H groups in total. The fourth-order valence-electron chi connectivity index (χ4n) is 1.13. The van der Waals surface area contributed by atoms with Crippen molar-refractivity contribution in [2.24, 2.45) is 0 Å². The van der Waals surface area contributed by atoms with Crippen LogP contribution in [0.5, 0.6) is 0 Å². The Kier molecular flexibility index (Phi) is 5.53. The van der Waals surface area contributed by atoms with Gasteiger partial charge in [-0.2, -0.15) is 0 Å². The first kappa shape index (κ1) is 12.9. The standard InChI is InChI=1S/C10H13BrClNO2/c1-3-14-10(15-4-2)7-5-6-8(11)13-9(7)12/h5-6,10H,3-4H2,1-2H3. The number of halogens is 2. The minimum Gasteiger partial charge on any atom is -0.349 e. The molecule has 0 amide bonds. The van der Waals surface area contributed by atoms with Gasteiger partial charge in [-0.1, -0.05) is 11.6 Å². The molecule has 1 rings (SSSR count). The van der Waals surface area contributed by atoms with Crippen molar-refractivity contribution in [3.63, 3.8) is 0 Å². The van der Waals surface area contributed by atoms with Gasteiger partial charge in [0.2, 0.25) is 0 Å². The minimum absolute atomic E-state index is 0.399. The maximum atomic E-state index is 5.99. The number of nitrogens with zero attached hydrogens (tertiary/aromatic N) is 1. The molecule has 0 bridgehead atoms. The highest BCUT2D eigenvalue weighted by Gasteiger charge is 2.15. The van der Waals surface area contributed by atoms with Crippen molar-refractivity contribution in [2.45, 2.75) is 20.1 Å². The van der Waals surface area contributed by atoms with Crippen molar-refractivity contribution in [3.05, 3.63) is 27.5 Å². The quantitative estimate of drug-likeness (QED) is 0.614. The van der Waals surface area contributed by atoms with Gasteiger partial charge in [0.15, 0.2) is 6.29 Å². The highest BCUT2D eigenvalue weighted by atomic mass is 79.9. The molecule has 0 atom stereocenters. The summed E-state index contributed by atoms with van der Waals surface area (Å²) < 4.78 is 11.6. The lowest BCUT2D eigenvalue weighted by Crippen LogP contribution is -2.09. The van der Waals surface area contributed by atoms with Crippen LogP contribution in [0.1, 0.15) is 25.7 Å². The van der Waals surface area contributed by atoms with E-state index in [1.54, 1.807) is 0 Å². The van der Waals surface area contributed by atoms with Crippen molar-refractivity contribution in [2.75, 3.05) is 13.2 Å². The molecule has 0 aliphatic heterocycles. The van der Waals surface area contributed by atoms with Gasteiger partial charge in [-0.3, -0.25) is 0 Å². The summed E-state index contributed by atoms with van der Waals surface area (Å²) in [7, 11) is 0. The number of ether oxygens (including phenoxy) is 2. The second-order valence-corrected chi connectivity index (χ2v) is 3.93. The Bertz CT molecular complexity index is 316. The summed E-state index contributed by atoms with van der Waals surface area (Å²) in [5, 5.41) is 0.399. The van der Waals surface area contributed by atoms with Gasteiger partial charge in [0, 0.05) is 18.8 Å². The summed E-state index contributed by atoms with van der Waals surface area (Å²) in [6.45, 7) is 4.95. The predicted octanol–water partition coefficient (Wildman–Crippen LogP) is 3.57. The maximum absolute atomic E-state index is 5.99. The van der Waals surface area contributed by atoms with Gasteiger partial charge >= 0.3 is 0 Å². The number of hydrogen-bond acceptors (Lipinski definition) is 3. The summed E-state index contributed by atoms with van der Waals surface area (Å²) in [5.74, 6) is 0. The molecule has 0 saturated heterocycles. The van der Waals surface area contributed by atoms with Crippen LogP contribution >= 0.6 is 27.5 Å². The molecule has 0 fully saturated rings. The van der Waals surface area contributed by atoms with Crippen LogP contribution in [0, 0.1) is 0 Å². The number of rotatable bonds is 5. The monoisotopic (exact) mass is 293 g/mol. The Morgan fingerprint density at radius 2 is 1.93 bits per heavy atom. The third-order valence-corrected chi connectivity index (χ3v) is 2.48. The molecular formula is C10H13BrClNO2. The van der Waals surface area contributed by atoms with E-state index in [1.165, 1.54) is 0 Å². The van der Waals surface area contributed by atoms with Crippen molar-refractivity contribution in [1.29, 1.82) is 0 Å². The Balaban J connectivity index is 2.89. The van der Waals surface area contributed by atoms with Crippen molar-refractivity contribution in [1.82, 2.24) is 4.98 Å². The summed E-state index contributed by atoms with van der Waals surface area (Å²) in [6.07, 6.45) is -0.437. The zero-order chi connectivity index (χ0) is 11.3. The van der Waals surface area contributed by atoms with Gasteiger partial charge in [-0.05, 0) is 41.9 Å². The van der Waals surface area contributed by atoms with Gasteiger partial charge in [0.1, 0.15) is 9.76 Å². The van der Waals surface area contributed by atoms with E-state index in [4.69, 9.17) is 21.1 Å². The predicted molar refractivity (Wildman–Crippen MR) is 62.9 cm³/mol. The zero-order valence-electron chi connectivity index (χ0n) is 8.67.